The fourth-order valence-electron chi connectivity index (χ4n) is 4.40. The monoisotopic (exact) mass is 491 g/mol. The maximum atomic E-state index is 5.95. The molecule has 4 aromatic rings. The van der Waals surface area contributed by atoms with Crippen molar-refractivity contribution in [3.8, 4) is 11.4 Å². The lowest BCUT2D eigenvalue weighted by Gasteiger charge is -2.38. The lowest BCUT2D eigenvalue weighted by molar-refractivity contribution is 0.256. The maximum Gasteiger partial charge on any atom is 0.135 e. The quantitative estimate of drug-likeness (QED) is 0.264. The van der Waals surface area contributed by atoms with Crippen molar-refractivity contribution >= 4 is 28.3 Å². The molecular weight excluding hydrogens is 462 g/mol. The number of fused-ring (bicyclic) bond motifs is 1. The van der Waals surface area contributed by atoms with Crippen LogP contribution in [-0.4, -0.2) is 60.7 Å². The fraction of sp³-hybridized carbons (Fsp3) is 0.179. The summed E-state index contributed by atoms with van der Waals surface area (Å²) < 4.78 is 0. The predicted octanol–water partition coefficient (Wildman–Crippen LogP) is 4.23. The Balaban J connectivity index is 1.54. The van der Waals surface area contributed by atoms with Gasteiger partial charge in [0, 0.05) is 54.5 Å². The zero-order valence-corrected chi connectivity index (χ0v) is 20.9. The van der Waals surface area contributed by atoms with Crippen molar-refractivity contribution in [2.24, 2.45) is 15.7 Å². The second-order valence-electron chi connectivity index (χ2n) is 8.80. The molecule has 0 saturated carbocycles. The molecule has 37 heavy (non-hydrogen) atoms. The summed E-state index contributed by atoms with van der Waals surface area (Å²) in [6, 6.07) is 9.98. The Hall–Kier alpha value is -4.63. The van der Waals surface area contributed by atoms with E-state index in [0.29, 0.717) is 0 Å². The number of pyridine rings is 2. The lowest BCUT2D eigenvalue weighted by Crippen LogP contribution is -2.57. The molecule has 9 heteroatoms. The number of hydrogen-bond acceptors (Lipinski definition) is 6. The van der Waals surface area contributed by atoms with E-state index in [1.807, 2.05) is 50.3 Å². The number of aryl methyl sites for hydroxylation is 1. The third-order valence-electron chi connectivity index (χ3n) is 6.29. The van der Waals surface area contributed by atoms with E-state index in [0.717, 1.165) is 75.3 Å². The normalized spacial score (nSPS) is 15.2. The van der Waals surface area contributed by atoms with Crippen molar-refractivity contribution in [3.05, 3.63) is 96.8 Å². The first-order valence-corrected chi connectivity index (χ1v) is 12.0. The predicted molar refractivity (Wildman–Crippen MR) is 149 cm³/mol. The smallest absolute Gasteiger partial charge is 0.135 e. The van der Waals surface area contributed by atoms with Crippen molar-refractivity contribution in [1.29, 1.82) is 0 Å². The van der Waals surface area contributed by atoms with Gasteiger partial charge in [0.1, 0.15) is 17.0 Å². The number of aromatic amines is 2. The van der Waals surface area contributed by atoms with Gasteiger partial charge < -0.3 is 15.6 Å². The average Bonchev–Trinajstić information content (AvgIpc) is 3.49. The van der Waals surface area contributed by atoms with E-state index < -0.39 is 0 Å². The van der Waals surface area contributed by atoms with Gasteiger partial charge in [0.25, 0.3) is 0 Å². The van der Waals surface area contributed by atoms with E-state index >= 15 is 0 Å². The zero-order valence-electron chi connectivity index (χ0n) is 20.9. The molecule has 0 aliphatic carbocycles. The molecular formula is C28H29N9. The van der Waals surface area contributed by atoms with Crippen LogP contribution in [0.15, 0.2) is 84.2 Å². The number of nitrogens with one attached hydrogen (secondary N) is 2. The van der Waals surface area contributed by atoms with Crippen LogP contribution in [0.25, 0.3) is 28.1 Å². The van der Waals surface area contributed by atoms with Crippen LogP contribution in [-0.2, 0) is 0 Å². The van der Waals surface area contributed by atoms with Crippen LogP contribution in [0.2, 0.25) is 0 Å². The number of nitrogens with two attached hydrogens (primary N) is 1. The molecule has 1 saturated heterocycles. The number of amidine groups is 1. The van der Waals surface area contributed by atoms with Crippen LogP contribution in [0.4, 0.5) is 0 Å². The Morgan fingerprint density at radius 2 is 1.97 bits per heavy atom. The number of allylic oxidation sites excluding steroid dienone is 1. The van der Waals surface area contributed by atoms with Gasteiger partial charge in [0.15, 0.2) is 0 Å². The van der Waals surface area contributed by atoms with E-state index in [9.17, 15) is 0 Å². The van der Waals surface area contributed by atoms with Crippen molar-refractivity contribution in [2.75, 3.05) is 13.1 Å². The highest BCUT2D eigenvalue weighted by molar-refractivity contribution is 6.14. The molecule has 4 aromatic heterocycles. The minimum atomic E-state index is 0.173. The Morgan fingerprint density at radius 3 is 2.65 bits per heavy atom. The van der Waals surface area contributed by atoms with Crippen molar-refractivity contribution in [1.82, 2.24) is 30.0 Å². The van der Waals surface area contributed by atoms with Gasteiger partial charge in [0.2, 0.25) is 0 Å². The molecule has 0 amide bonds. The number of aliphatic imine (C=N–C) groups is 2. The molecule has 1 aliphatic heterocycles. The third-order valence-corrected chi connectivity index (χ3v) is 6.29. The molecule has 5 heterocycles. The molecule has 0 radical (unpaired) electrons. The highest BCUT2D eigenvalue weighted by atomic mass is 15.3. The highest BCUT2D eigenvalue weighted by Gasteiger charge is 2.25. The number of aromatic nitrogens is 5. The molecule has 0 atom stereocenters. The Kier molecular flexibility index (Phi) is 6.61. The van der Waals surface area contributed by atoms with Gasteiger partial charge in [-0.15, -0.1) is 0 Å². The van der Waals surface area contributed by atoms with E-state index in [-0.39, 0.29) is 6.04 Å². The molecule has 1 fully saturated rings. The molecule has 0 spiro atoms. The molecule has 5 rings (SSSR count). The minimum Gasteiger partial charge on any atom is -0.357 e. The minimum absolute atomic E-state index is 0.173. The summed E-state index contributed by atoms with van der Waals surface area (Å²) in [6.07, 6.45) is 8.74. The Bertz CT molecular complexity index is 1550. The number of likely N-dealkylation sites (tertiary alicyclic amines) is 1. The van der Waals surface area contributed by atoms with Crippen LogP contribution in [0.5, 0.6) is 0 Å². The Labute approximate surface area is 215 Å². The summed E-state index contributed by atoms with van der Waals surface area (Å²) in [5.74, 6) is 0.791. The van der Waals surface area contributed by atoms with Crippen LogP contribution in [0.3, 0.4) is 0 Å². The summed E-state index contributed by atoms with van der Waals surface area (Å²) >= 11 is 0. The molecule has 4 N–H and O–H groups in total. The zero-order chi connectivity index (χ0) is 25.9. The fourth-order valence-corrected chi connectivity index (χ4v) is 4.40. The van der Waals surface area contributed by atoms with E-state index in [4.69, 9.17) is 15.7 Å². The first kappa shape index (κ1) is 24.1. The van der Waals surface area contributed by atoms with Crippen molar-refractivity contribution in [3.63, 3.8) is 0 Å². The summed E-state index contributed by atoms with van der Waals surface area (Å²) in [5.41, 5.74) is 14.3. The van der Waals surface area contributed by atoms with E-state index in [1.54, 1.807) is 24.7 Å². The van der Waals surface area contributed by atoms with Gasteiger partial charge in [-0.25, -0.2) is 9.98 Å². The van der Waals surface area contributed by atoms with Gasteiger partial charge in [0.05, 0.1) is 28.3 Å². The molecule has 0 aromatic carbocycles. The van der Waals surface area contributed by atoms with Gasteiger partial charge >= 0.3 is 0 Å². The second-order valence-corrected chi connectivity index (χ2v) is 8.80. The van der Waals surface area contributed by atoms with Gasteiger partial charge in [-0.1, -0.05) is 19.2 Å². The number of H-pyrrole nitrogens is 2. The highest BCUT2D eigenvalue weighted by Crippen LogP contribution is 2.29. The summed E-state index contributed by atoms with van der Waals surface area (Å²) in [6.45, 7) is 13.2. The summed E-state index contributed by atoms with van der Waals surface area (Å²) in [5, 5.41) is 7.68. The first-order valence-electron chi connectivity index (χ1n) is 12.0. The van der Waals surface area contributed by atoms with Crippen molar-refractivity contribution in [2.45, 2.75) is 19.9 Å². The maximum absolute atomic E-state index is 5.95. The SMILES string of the molecule is C=CN=C(c1ccncc1)c1cc(-c2n[nH]c3ccc(/C(=C/C)N=C(C=C)N4CC(N)C4)nc23)[nH]c1C. The number of hydrogen-bond donors (Lipinski definition) is 3. The second kappa shape index (κ2) is 10.2. The third kappa shape index (κ3) is 4.64. The van der Waals surface area contributed by atoms with E-state index in [2.05, 4.69) is 43.2 Å². The summed E-state index contributed by atoms with van der Waals surface area (Å²) in [7, 11) is 0. The number of nitrogens with zero attached hydrogens (tertiary/aromatic N) is 6. The first-order chi connectivity index (χ1) is 18.0. The molecule has 9 nitrogen and oxygen atoms in total. The van der Waals surface area contributed by atoms with E-state index in [1.165, 1.54) is 0 Å². The lowest BCUT2D eigenvalue weighted by atomic mass is 10.0. The molecule has 186 valence electrons. The standard InChI is InChI=1S/C28H29N9/c1-5-21(33-25(6-2)37-15-19(29)16-37)22-8-9-23-27(34-22)28(36-35-23)24-14-20(17(4)32-24)26(31-7-3)18-10-12-30-13-11-18/h5-14,19,32H,2-3,15-16,29H2,1,4H3,(H,35,36)/b21-5-,31-26?,33-25?. The van der Waals surface area contributed by atoms with Gasteiger partial charge in [-0.2, -0.15) is 5.10 Å². The average molecular weight is 492 g/mol. The molecule has 1 aliphatic rings. The van der Waals surface area contributed by atoms with Crippen LogP contribution < -0.4 is 5.73 Å². The van der Waals surface area contributed by atoms with Gasteiger partial charge in [-0.05, 0) is 50.3 Å². The van der Waals surface area contributed by atoms with Crippen LogP contribution in [0.1, 0.15) is 29.4 Å². The van der Waals surface area contributed by atoms with Gasteiger partial charge in [-0.3, -0.25) is 15.1 Å². The Morgan fingerprint density at radius 1 is 1.19 bits per heavy atom. The largest absolute Gasteiger partial charge is 0.357 e. The van der Waals surface area contributed by atoms with Crippen molar-refractivity contribution < 1.29 is 0 Å². The molecule has 0 bridgehead atoms. The summed E-state index contributed by atoms with van der Waals surface area (Å²) in [4.78, 5) is 24.0. The van der Waals surface area contributed by atoms with Crippen LogP contribution >= 0.6 is 0 Å². The van der Waals surface area contributed by atoms with Crippen LogP contribution in [0, 0.1) is 6.92 Å². The topological polar surface area (TPSA) is 124 Å². The molecule has 0 unspecified atom stereocenters. The number of rotatable bonds is 7.